The molecule has 1 saturated carbocycles. The lowest BCUT2D eigenvalue weighted by Gasteiger charge is -2.27. The normalized spacial score (nSPS) is 16.4. The fourth-order valence-electron chi connectivity index (χ4n) is 5.54. The molecule has 12 heteroatoms. The van der Waals surface area contributed by atoms with Gasteiger partial charge in [-0.2, -0.15) is 25.1 Å². The number of aryl methyl sites for hydroxylation is 2. The van der Waals surface area contributed by atoms with Gasteiger partial charge >= 0.3 is 6.03 Å². The summed E-state index contributed by atoms with van der Waals surface area (Å²) in [6.45, 7) is 2.26. The highest BCUT2D eigenvalue weighted by Gasteiger charge is 2.26. The Balaban J connectivity index is 1.16. The molecule has 12 nitrogen and oxygen atoms in total. The molecule has 1 aromatic carbocycles. The molecule has 0 spiro atoms. The third-order valence-corrected chi connectivity index (χ3v) is 7.96. The largest absolute Gasteiger partial charge is 0.441 e. The summed E-state index contributed by atoms with van der Waals surface area (Å²) >= 11 is 0. The SMILES string of the molecule is Cc1cc(-c2nc(NC3CCC(/C=[N+](\C(=O)NCc4ccccc4)c4ccc(-c5cnn(C)c5)cn4)CC3)ncc2C#N)cnn1. The number of pyridine rings is 1. The lowest BCUT2D eigenvalue weighted by Crippen LogP contribution is -2.34. The molecule has 6 rings (SSSR count). The molecule has 0 atom stereocenters. The third-order valence-electron chi connectivity index (χ3n) is 7.96. The van der Waals surface area contributed by atoms with Crippen molar-refractivity contribution in [2.75, 3.05) is 5.32 Å². The molecule has 1 fully saturated rings. The summed E-state index contributed by atoms with van der Waals surface area (Å²) in [5, 5.41) is 28.4. The number of amides is 2. The zero-order valence-corrected chi connectivity index (χ0v) is 25.7. The predicted octanol–water partition coefficient (Wildman–Crippen LogP) is 5.20. The van der Waals surface area contributed by atoms with Crippen molar-refractivity contribution in [2.24, 2.45) is 13.0 Å². The molecular formula is C34H34N11O+. The Morgan fingerprint density at radius 2 is 1.85 bits per heavy atom. The summed E-state index contributed by atoms with van der Waals surface area (Å²) in [6.07, 6.45) is 14.1. The highest BCUT2D eigenvalue weighted by atomic mass is 16.2. The molecular weight excluding hydrogens is 578 g/mol. The molecule has 4 heterocycles. The third kappa shape index (κ3) is 7.27. The Morgan fingerprint density at radius 1 is 1.02 bits per heavy atom. The predicted molar refractivity (Wildman–Crippen MR) is 173 cm³/mol. The summed E-state index contributed by atoms with van der Waals surface area (Å²) in [6, 6.07) is 17.6. The van der Waals surface area contributed by atoms with Crippen LogP contribution in [0.3, 0.4) is 0 Å². The average molecular weight is 613 g/mol. The van der Waals surface area contributed by atoms with Gasteiger partial charge in [0.1, 0.15) is 12.3 Å². The zero-order valence-electron chi connectivity index (χ0n) is 25.7. The average Bonchev–Trinajstić information content (AvgIpc) is 3.53. The van der Waals surface area contributed by atoms with Crippen molar-refractivity contribution in [2.45, 2.75) is 45.2 Å². The van der Waals surface area contributed by atoms with Gasteiger partial charge < -0.3 is 5.32 Å². The van der Waals surface area contributed by atoms with Crippen molar-refractivity contribution < 1.29 is 9.37 Å². The van der Waals surface area contributed by atoms with E-state index in [1.54, 1.807) is 34.0 Å². The smallest absolute Gasteiger partial charge is 0.351 e. The topological polar surface area (TPSA) is 150 Å². The Hall–Kier alpha value is -5.83. The standard InChI is InChI=1S/C34H33N11O/c1-23-14-27(19-39-43-23)32-28(15-35)18-37-33(42-32)41-30-11-8-25(9-12-30)21-45(34(46)38-16-24-6-4-3-5-7-24)31-13-10-26(17-36-31)29-20-40-44(2)22-29/h3-7,10,13-14,17-22,25,30H,8-9,11-12,16H2,1-2H3,(H-,37,38,41,42,46)/p+1/b45-21-. The first-order valence-corrected chi connectivity index (χ1v) is 15.2. The van der Waals surface area contributed by atoms with E-state index in [0.29, 0.717) is 29.6 Å². The molecule has 0 radical (unpaired) electrons. The summed E-state index contributed by atoms with van der Waals surface area (Å²) in [7, 11) is 1.87. The van der Waals surface area contributed by atoms with Gasteiger partial charge in [-0.15, -0.1) is 4.98 Å². The molecule has 230 valence electrons. The van der Waals surface area contributed by atoms with Gasteiger partial charge in [-0.3, -0.25) is 10.00 Å². The quantitative estimate of drug-likeness (QED) is 0.178. The van der Waals surface area contributed by atoms with Gasteiger partial charge in [-0.25, -0.2) is 14.8 Å². The lowest BCUT2D eigenvalue weighted by molar-refractivity contribution is -0.336. The molecule has 0 bridgehead atoms. The first-order chi connectivity index (χ1) is 22.4. The maximum absolute atomic E-state index is 13.5. The second-order valence-electron chi connectivity index (χ2n) is 11.4. The van der Waals surface area contributed by atoms with Crippen LogP contribution in [0.15, 0.2) is 79.5 Å². The summed E-state index contributed by atoms with van der Waals surface area (Å²) in [5.74, 6) is 1.19. The molecule has 1 aliphatic rings. The van der Waals surface area contributed by atoms with Crippen LogP contribution in [0.25, 0.3) is 22.4 Å². The van der Waals surface area contributed by atoms with E-state index in [-0.39, 0.29) is 18.0 Å². The van der Waals surface area contributed by atoms with Crippen molar-refractivity contribution in [3.63, 3.8) is 0 Å². The van der Waals surface area contributed by atoms with Crippen LogP contribution < -0.4 is 10.6 Å². The van der Waals surface area contributed by atoms with Crippen LogP contribution in [0.4, 0.5) is 16.6 Å². The van der Waals surface area contributed by atoms with Crippen LogP contribution in [-0.2, 0) is 13.6 Å². The van der Waals surface area contributed by atoms with E-state index in [1.165, 1.54) is 0 Å². The fourth-order valence-corrected chi connectivity index (χ4v) is 5.54. The minimum atomic E-state index is -0.231. The Labute approximate surface area is 266 Å². The van der Waals surface area contributed by atoms with E-state index in [0.717, 1.165) is 53.6 Å². The number of carbonyl (C=O) groups is 1. The van der Waals surface area contributed by atoms with Crippen molar-refractivity contribution in [3.05, 3.63) is 96.3 Å². The number of carbonyl (C=O) groups excluding carboxylic acids is 1. The van der Waals surface area contributed by atoms with Gasteiger partial charge in [-0.1, -0.05) is 30.3 Å². The van der Waals surface area contributed by atoms with E-state index in [4.69, 9.17) is 0 Å². The highest BCUT2D eigenvalue weighted by Crippen LogP contribution is 2.28. The van der Waals surface area contributed by atoms with Crippen LogP contribution in [0.2, 0.25) is 0 Å². The number of rotatable bonds is 8. The highest BCUT2D eigenvalue weighted by molar-refractivity contribution is 5.75. The van der Waals surface area contributed by atoms with Crippen LogP contribution >= 0.6 is 0 Å². The molecule has 0 saturated heterocycles. The summed E-state index contributed by atoms with van der Waals surface area (Å²) in [4.78, 5) is 27.3. The van der Waals surface area contributed by atoms with Crippen LogP contribution in [0.5, 0.6) is 0 Å². The molecule has 2 amide bonds. The Kier molecular flexibility index (Phi) is 9.10. The molecule has 0 aliphatic heterocycles. The molecule has 1 aliphatic carbocycles. The second-order valence-corrected chi connectivity index (χ2v) is 11.4. The lowest BCUT2D eigenvalue weighted by atomic mass is 9.86. The minimum absolute atomic E-state index is 0.153. The van der Waals surface area contributed by atoms with Gasteiger partial charge in [0, 0.05) is 48.0 Å². The zero-order chi connectivity index (χ0) is 31.9. The van der Waals surface area contributed by atoms with Crippen molar-refractivity contribution >= 4 is 24.0 Å². The number of hydrogen-bond donors (Lipinski definition) is 2. The van der Waals surface area contributed by atoms with Crippen molar-refractivity contribution in [3.8, 4) is 28.5 Å². The number of anilines is 1. The van der Waals surface area contributed by atoms with Gasteiger partial charge in [0.2, 0.25) is 5.95 Å². The molecule has 2 N–H and O–H groups in total. The summed E-state index contributed by atoms with van der Waals surface area (Å²) < 4.78 is 3.38. The molecule has 0 unspecified atom stereocenters. The van der Waals surface area contributed by atoms with Crippen LogP contribution in [0.1, 0.15) is 42.5 Å². The number of nitrogens with zero attached hydrogens (tertiary/aromatic N) is 9. The molecule has 4 aromatic heterocycles. The monoisotopic (exact) mass is 612 g/mol. The van der Waals surface area contributed by atoms with E-state index < -0.39 is 0 Å². The van der Waals surface area contributed by atoms with Gasteiger partial charge in [-0.05, 0) is 50.3 Å². The van der Waals surface area contributed by atoms with E-state index >= 15 is 0 Å². The second kappa shape index (κ2) is 13.9. The number of aromatic nitrogens is 7. The first kappa shape index (κ1) is 30.2. The molecule has 5 aromatic rings. The van der Waals surface area contributed by atoms with Gasteiger partial charge in [0.05, 0.1) is 48.3 Å². The van der Waals surface area contributed by atoms with Crippen molar-refractivity contribution in [1.82, 2.24) is 40.2 Å². The van der Waals surface area contributed by atoms with Crippen molar-refractivity contribution in [1.29, 1.82) is 5.26 Å². The fraction of sp³-hybridized carbons (Fsp3) is 0.265. The number of nitrogens with one attached hydrogen (secondary N) is 2. The number of benzene rings is 1. The van der Waals surface area contributed by atoms with Crippen LogP contribution in [-0.4, -0.2) is 57.8 Å². The van der Waals surface area contributed by atoms with E-state index in [1.807, 2.05) is 74.9 Å². The number of nitriles is 1. The van der Waals surface area contributed by atoms with Crippen LogP contribution in [0, 0.1) is 24.2 Å². The number of urea groups is 1. The first-order valence-electron chi connectivity index (χ1n) is 15.2. The van der Waals surface area contributed by atoms with Gasteiger partial charge in [0.15, 0.2) is 0 Å². The maximum atomic E-state index is 13.5. The number of hydrogen-bond acceptors (Lipinski definition) is 9. The van der Waals surface area contributed by atoms with E-state index in [9.17, 15) is 10.1 Å². The van der Waals surface area contributed by atoms with Gasteiger partial charge in [0.25, 0.3) is 5.82 Å². The van der Waals surface area contributed by atoms with E-state index in [2.05, 4.69) is 47.0 Å². The molecule has 46 heavy (non-hydrogen) atoms. The summed E-state index contributed by atoms with van der Waals surface area (Å²) in [5.41, 5.74) is 5.28. The Morgan fingerprint density at radius 3 is 2.54 bits per heavy atom. The maximum Gasteiger partial charge on any atom is 0.441 e. The minimum Gasteiger partial charge on any atom is -0.351 e. The Bertz CT molecular complexity index is 1890.